The van der Waals surface area contributed by atoms with Crippen molar-refractivity contribution in [2.75, 3.05) is 26.1 Å². The Labute approximate surface area is 185 Å². The van der Waals surface area contributed by atoms with Gasteiger partial charge >= 0.3 is 0 Å². The van der Waals surface area contributed by atoms with E-state index in [-0.39, 0.29) is 0 Å². The lowest BCUT2D eigenvalue weighted by molar-refractivity contribution is 0.412. The number of hydrogen-bond donors (Lipinski definition) is 0. The fourth-order valence-electron chi connectivity index (χ4n) is 2.94. The number of benzene rings is 1. The summed E-state index contributed by atoms with van der Waals surface area (Å²) in [4.78, 5) is 11.2. The lowest BCUT2D eigenvalue weighted by Crippen LogP contribution is -2.13. The summed E-state index contributed by atoms with van der Waals surface area (Å²) in [5.74, 6) is 2.22. The quantitative estimate of drug-likeness (QED) is 0.493. The van der Waals surface area contributed by atoms with Gasteiger partial charge in [0.15, 0.2) is 5.90 Å². The molecule has 2 heterocycles. The molecule has 0 N–H and O–H groups in total. The zero-order chi connectivity index (χ0) is 22.1. The van der Waals surface area contributed by atoms with E-state index in [4.69, 9.17) is 26.1 Å². The molecule has 0 spiro atoms. The molecular formula is C24H32ClN3O2. The van der Waals surface area contributed by atoms with Gasteiger partial charge in [0.2, 0.25) is 0 Å². The number of fused-ring (bicyclic) bond motifs is 1. The zero-order valence-electron chi connectivity index (χ0n) is 18.8. The van der Waals surface area contributed by atoms with Crippen LogP contribution < -0.4 is 9.64 Å². The van der Waals surface area contributed by atoms with Crippen molar-refractivity contribution in [2.45, 2.75) is 46.5 Å². The van der Waals surface area contributed by atoms with Crippen LogP contribution in [0.3, 0.4) is 0 Å². The van der Waals surface area contributed by atoms with Gasteiger partial charge in [0.05, 0.1) is 29.6 Å². The number of rotatable bonds is 7. The third kappa shape index (κ3) is 5.99. The number of unbranched alkanes of at least 4 members (excludes halogenated alkanes) is 1. The number of aliphatic imine (C=N–C) groups is 1. The topological polar surface area (TPSA) is 47.0 Å². The molecule has 0 bridgehead atoms. The molecule has 1 aliphatic heterocycles. The van der Waals surface area contributed by atoms with Gasteiger partial charge in [-0.3, -0.25) is 4.98 Å². The molecule has 1 aromatic carbocycles. The van der Waals surface area contributed by atoms with Crippen LogP contribution in [0.1, 0.15) is 51.3 Å². The van der Waals surface area contributed by atoms with E-state index in [0.717, 1.165) is 53.4 Å². The minimum absolute atomic E-state index is 0.656. The van der Waals surface area contributed by atoms with Crippen LogP contribution in [0.2, 0.25) is 5.02 Å². The van der Waals surface area contributed by atoms with Gasteiger partial charge in [0.25, 0.3) is 0 Å². The van der Waals surface area contributed by atoms with Crippen LogP contribution in [0.25, 0.3) is 5.76 Å². The van der Waals surface area contributed by atoms with Crippen LogP contribution in [0.15, 0.2) is 41.5 Å². The number of methoxy groups -OCH3 is 1. The van der Waals surface area contributed by atoms with E-state index < -0.39 is 0 Å². The monoisotopic (exact) mass is 429 g/mol. The third-order valence-electron chi connectivity index (χ3n) is 4.54. The highest BCUT2D eigenvalue weighted by molar-refractivity contribution is 6.33. The number of hydrogen-bond acceptors (Lipinski definition) is 5. The van der Waals surface area contributed by atoms with Crippen LogP contribution in [0.5, 0.6) is 5.75 Å². The molecule has 6 heteroatoms. The Bertz CT molecular complexity index is 890. The molecule has 0 atom stereocenters. The minimum Gasteiger partial charge on any atom is -0.495 e. The summed E-state index contributed by atoms with van der Waals surface area (Å²) in [6.07, 6.45) is 7.18. The lowest BCUT2D eigenvalue weighted by Gasteiger charge is -2.23. The van der Waals surface area contributed by atoms with E-state index in [1.54, 1.807) is 13.3 Å². The SMILES string of the molecule is CC.CCC/C=C1\OC(CCc2ccc(OC)cn2)=Nc2cc(N(C)C)cc(Cl)c21. The second-order valence-corrected chi connectivity index (χ2v) is 7.28. The van der Waals surface area contributed by atoms with E-state index >= 15 is 0 Å². The van der Waals surface area contributed by atoms with Crippen molar-refractivity contribution >= 4 is 34.6 Å². The van der Waals surface area contributed by atoms with Crippen molar-refractivity contribution in [1.29, 1.82) is 0 Å². The first-order valence-electron chi connectivity index (χ1n) is 10.5. The highest BCUT2D eigenvalue weighted by Gasteiger charge is 2.22. The van der Waals surface area contributed by atoms with Crippen LogP contribution in [0, 0.1) is 0 Å². The van der Waals surface area contributed by atoms with Crippen molar-refractivity contribution in [1.82, 2.24) is 4.98 Å². The van der Waals surface area contributed by atoms with Gasteiger partial charge in [0.1, 0.15) is 11.5 Å². The average molecular weight is 430 g/mol. The Morgan fingerprint density at radius 2 is 1.93 bits per heavy atom. The maximum atomic E-state index is 6.58. The normalized spacial score (nSPS) is 13.6. The van der Waals surface area contributed by atoms with Gasteiger partial charge < -0.3 is 14.4 Å². The fraction of sp³-hybridized carbons (Fsp3) is 0.417. The number of halogens is 1. The zero-order valence-corrected chi connectivity index (χ0v) is 19.6. The number of aryl methyl sites for hydroxylation is 1. The second kappa shape index (κ2) is 11.6. The standard InChI is InChI=1S/C22H26ClN3O2.C2H6/c1-5-6-7-20-22-18(23)12-16(26(2)3)13-19(22)25-21(28-20)11-9-15-8-10-17(27-4)14-24-15;1-2/h7-8,10,12-14H,5-6,9,11H2,1-4H3;1-2H3/b20-7-;. The Hall–Kier alpha value is -2.53. The van der Waals surface area contributed by atoms with Crippen LogP contribution >= 0.6 is 11.6 Å². The molecule has 0 aliphatic carbocycles. The summed E-state index contributed by atoms with van der Waals surface area (Å²) < 4.78 is 11.3. The molecule has 1 aliphatic rings. The summed E-state index contributed by atoms with van der Waals surface area (Å²) in [6, 6.07) is 7.88. The maximum absolute atomic E-state index is 6.58. The Balaban J connectivity index is 0.00000155. The predicted molar refractivity (Wildman–Crippen MR) is 127 cm³/mol. The van der Waals surface area contributed by atoms with Crippen LogP contribution in [0.4, 0.5) is 11.4 Å². The first kappa shape index (κ1) is 23.7. The molecule has 0 saturated heterocycles. The van der Waals surface area contributed by atoms with Gasteiger partial charge in [-0.05, 0) is 43.2 Å². The first-order valence-corrected chi connectivity index (χ1v) is 10.8. The van der Waals surface area contributed by atoms with Gasteiger partial charge in [-0.15, -0.1) is 0 Å². The van der Waals surface area contributed by atoms with Gasteiger partial charge in [-0.1, -0.05) is 38.8 Å². The van der Waals surface area contributed by atoms with E-state index in [1.807, 2.05) is 51.0 Å². The molecule has 30 heavy (non-hydrogen) atoms. The number of allylic oxidation sites excluding steroid dienone is 1. The highest BCUT2D eigenvalue weighted by atomic mass is 35.5. The van der Waals surface area contributed by atoms with Crippen molar-refractivity contribution in [2.24, 2.45) is 4.99 Å². The molecule has 2 aromatic rings. The highest BCUT2D eigenvalue weighted by Crippen LogP contribution is 2.41. The average Bonchev–Trinajstić information content (AvgIpc) is 2.77. The number of nitrogens with zero attached hydrogens (tertiary/aromatic N) is 3. The summed E-state index contributed by atoms with van der Waals surface area (Å²) >= 11 is 6.58. The van der Waals surface area contributed by atoms with Crippen LogP contribution in [-0.4, -0.2) is 32.1 Å². The Morgan fingerprint density at radius 3 is 2.53 bits per heavy atom. The lowest BCUT2D eigenvalue weighted by atomic mass is 10.1. The largest absolute Gasteiger partial charge is 0.495 e. The molecule has 0 unspecified atom stereocenters. The Morgan fingerprint density at radius 1 is 1.17 bits per heavy atom. The van der Waals surface area contributed by atoms with Gasteiger partial charge in [0, 0.05) is 31.9 Å². The molecule has 0 fully saturated rings. The summed E-state index contributed by atoms with van der Waals surface area (Å²) in [5, 5.41) is 0.656. The molecular weight excluding hydrogens is 398 g/mol. The summed E-state index contributed by atoms with van der Waals surface area (Å²) in [6.45, 7) is 6.14. The molecule has 3 rings (SSSR count). The molecule has 162 valence electrons. The van der Waals surface area contributed by atoms with Crippen molar-refractivity contribution in [3.8, 4) is 5.75 Å². The minimum atomic E-state index is 0.656. The van der Waals surface area contributed by atoms with Crippen LogP contribution in [-0.2, 0) is 11.2 Å². The number of ether oxygens (including phenoxy) is 2. The van der Waals surface area contributed by atoms with E-state index in [9.17, 15) is 0 Å². The summed E-state index contributed by atoms with van der Waals surface area (Å²) in [5.41, 5.74) is 3.70. The molecule has 5 nitrogen and oxygen atoms in total. The third-order valence-corrected chi connectivity index (χ3v) is 4.83. The van der Waals surface area contributed by atoms with Gasteiger partial charge in [-0.2, -0.15) is 0 Å². The smallest absolute Gasteiger partial charge is 0.195 e. The molecule has 1 aromatic heterocycles. The number of pyridine rings is 1. The van der Waals surface area contributed by atoms with Crippen molar-refractivity contribution < 1.29 is 9.47 Å². The molecule has 0 saturated carbocycles. The number of anilines is 1. The Kier molecular flexibility index (Phi) is 9.18. The molecule has 0 radical (unpaired) electrons. The van der Waals surface area contributed by atoms with Crippen molar-refractivity contribution in [3.05, 3.63) is 52.8 Å². The molecule has 0 amide bonds. The number of aromatic nitrogens is 1. The maximum Gasteiger partial charge on any atom is 0.195 e. The van der Waals surface area contributed by atoms with Gasteiger partial charge in [-0.25, -0.2) is 4.99 Å². The van der Waals surface area contributed by atoms with E-state index in [0.29, 0.717) is 17.3 Å². The first-order chi connectivity index (χ1) is 14.5. The van der Waals surface area contributed by atoms with E-state index in [1.165, 1.54) is 0 Å². The summed E-state index contributed by atoms with van der Waals surface area (Å²) in [7, 11) is 5.62. The van der Waals surface area contributed by atoms with E-state index in [2.05, 4.69) is 24.1 Å². The second-order valence-electron chi connectivity index (χ2n) is 6.87. The predicted octanol–water partition coefficient (Wildman–Crippen LogP) is 6.67. The van der Waals surface area contributed by atoms with Crippen molar-refractivity contribution in [3.63, 3.8) is 0 Å². The fourth-order valence-corrected chi connectivity index (χ4v) is 3.25.